The molecule has 2 aromatic carbocycles. The van der Waals surface area contributed by atoms with Gasteiger partial charge in [-0.2, -0.15) is 0 Å². The number of sulfonamides is 1. The standard InChI is InChI=1S/C20H19NO6S/c1-12-16-6-4-5-7-17(16)27-19(12)20(23)26-13(2)18(22)14-8-10-15(11-9-14)21-28(3,24)25/h4-11,13,21H,1-3H3/t13-/m0/s1. The molecule has 1 aromatic heterocycles. The summed E-state index contributed by atoms with van der Waals surface area (Å²) in [5.74, 6) is -1.06. The minimum absolute atomic E-state index is 0.0635. The summed E-state index contributed by atoms with van der Waals surface area (Å²) in [6, 6.07) is 13.1. The van der Waals surface area contributed by atoms with Crippen molar-refractivity contribution in [3.63, 3.8) is 0 Å². The van der Waals surface area contributed by atoms with Crippen LogP contribution in [0.25, 0.3) is 11.0 Å². The Morgan fingerprint density at radius 3 is 2.32 bits per heavy atom. The van der Waals surface area contributed by atoms with E-state index >= 15 is 0 Å². The number of para-hydroxylation sites is 1. The third-order valence-corrected chi connectivity index (χ3v) is 4.76. The van der Waals surface area contributed by atoms with Crippen LogP contribution in [0.15, 0.2) is 52.9 Å². The predicted molar refractivity (Wildman–Crippen MR) is 105 cm³/mol. The summed E-state index contributed by atoms with van der Waals surface area (Å²) in [5.41, 5.74) is 1.85. The number of benzene rings is 2. The second kappa shape index (κ2) is 7.47. The van der Waals surface area contributed by atoms with Crippen LogP contribution in [0.3, 0.4) is 0 Å². The molecular weight excluding hydrogens is 382 g/mol. The van der Waals surface area contributed by atoms with Crippen molar-refractivity contribution in [2.24, 2.45) is 0 Å². The van der Waals surface area contributed by atoms with Crippen molar-refractivity contribution in [3.05, 3.63) is 65.4 Å². The SMILES string of the molecule is Cc1c(C(=O)O[C@@H](C)C(=O)c2ccc(NS(C)(=O)=O)cc2)oc2ccccc12. The molecule has 0 fully saturated rings. The van der Waals surface area contributed by atoms with E-state index in [-0.39, 0.29) is 5.76 Å². The number of hydrogen-bond acceptors (Lipinski definition) is 6. The second-order valence-electron chi connectivity index (χ2n) is 6.42. The highest BCUT2D eigenvalue weighted by Crippen LogP contribution is 2.26. The number of ether oxygens (including phenoxy) is 1. The maximum atomic E-state index is 12.5. The molecule has 0 aliphatic rings. The fourth-order valence-corrected chi connectivity index (χ4v) is 3.35. The molecule has 0 unspecified atom stereocenters. The maximum Gasteiger partial charge on any atom is 0.375 e. The van der Waals surface area contributed by atoms with Crippen LogP contribution < -0.4 is 4.72 Å². The number of Topliss-reactive ketones (excluding diaryl/α,β-unsaturated/α-hetero) is 1. The summed E-state index contributed by atoms with van der Waals surface area (Å²) in [5, 5.41) is 0.808. The molecule has 0 saturated heterocycles. The Morgan fingerprint density at radius 2 is 1.71 bits per heavy atom. The van der Waals surface area contributed by atoms with Gasteiger partial charge in [0, 0.05) is 22.2 Å². The topological polar surface area (TPSA) is 103 Å². The highest BCUT2D eigenvalue weighted by Gasteiger charge is 2.24. The Morgan fingerprint density at radius 1 is 1.07 bits per heavy atom. The molecule has 3 rings (SSSR count). The molecule has 0 radical (unpaired) electrons. The summed E-state index contributed by atoms with van der Waals surface area (Å²) < 4.78 is 35.6. The molecule has 7 nitrogen and oxygen atoms in total. The fourth-order valence-electron chi connectivity index (χ4n) is 2.79. The van der Waals surface area contributed by atoms with Crippen LogP contribution in [0, 0.1) is 6.92 Å². The molecule has 1 atom stereocenters. The van der Waals surface area contributed by atoms with Gasteiger partial charge in [-0.1, -0.05) is 18.2 Å². The van der Waals surface area contributed by atoms with Crippen molar-refractivity contribution in [3.8, 4) is 0 Å². The van der Waals surface area contributed by atoms with Gasteiger partial charge in [0.15, 0.2) is 6.10 Å². The van der Waals surface area contributed by atoms with Crippen molar-refractivity contribution in [2.75, 3.05) is 11.0 Å². The zero-order valence-electron chi connectivity index (χ0n) is 15.6. The first-order chi connectivity index (χ1) is 13.2. The van der Waals surface area contributed by atoms with Crippen LogP contribution in [0.2, 0.25) is 0 Å². The Bertz CT molecular complexity index is 1150. The van der Waals surface area contributed by atoms with Crippen LogP contribution in [0.5, 0.6) is 0 Å². The third-order valence-electron chi connectivity index (χ3n) is 4.15. The van der Waals surface area contributed by atoms with Crippen LogP contribution >= 0.6 is 0 Å². The van der Waals surface area contributed by atoms with Gasteiger partial charge in [-0.25, -0.2) is 13.2 Å². The molecule has 8 heteroatoms. The number of aryl methyl sites for hydroxylation is 1. The van der Waals surface area contributed by atoms with Crippen LogP contribution in [-0.2, 0) is 14.8 Å². The van der Waals surface area contributed by atoms with E-state index in [0.29, 0.717) is 22.4 Å². The first-order valence-electron chi connectivity index (χ1n) is 8.47. The lowest BCUT2D eigenvalue weighted by Gasteiger charge is -2.12. The quantitative estimate of drug-likeness (QED) is 0.501. The van der Waals surface area contributed by atoms with Gasteiger partial charge in [-0.15, -0.1) is 0 Å². The van der Waals surface area contributed by atoms with Gasteiger partial charge in [0.25, 0.3) is 0 Å². The third kappa shape index (κ3) is 4.23. The molecule has 0 aliphatic heterocycles. The summed E-state index contributed by atoms with van der Waals surface area (Å²) in [4.78, 5) is 25.0. The van der Waals surface area contributed by atoms with E-state index in [1.54, 1.807) is 19.1 Å². The van der Waals surface area contributed by atoms with Gasteiger partial charge < -0.3 is 9.15 Å². The van der Waals surface area contributed by atoms with Crippen molar-refractivity contribution < 1.29 is 27.2 Å². The largest absolute Gasteiger partial charge is 0.449 e. The van der Waals surface area contributed by atoms with Crippen LogP contribution in [0.4, 0.5) is 5.69 Å². The van der Waals surface area contributed by atoms with Gasteiger partial charge in [0.05, 0.1) is 6.26 Å². The molecule has 0 amide bonds. The molecule has 1 N–H and O–H groups in total. The fraction of sp³-hybridized carbons (Fsp3) is 0.200. The minimum atomic E-state index is -3.40. The zero-order chi connectivity index (χ0) is 20.5. The number of hydrogen-bond donors (Lipinski definition) is 1. The highest BCUT2D eigenvalue weighted by atomic mass is 32.2. The van der Waals surface area contributed by atoms with E-state index in [9.17, 15) is 18.0 Å². The summed E-state index contributed by atoms with van der Waals surface area (Å²) in [6.45, 7) is 3.23. The number of ketones is 1. The number of anilines is 1. The number of carbonyl (C=O) groups excluding carboxylic acids is 2. The smallest absolute Gasteiger partial charge is 0.375 e. The van der Waals surface area contributed by atoms with Crippen molar-refractivity contribution in [2.45, 2.75) is 20.0 Å². The van der Waals surface area contributed by atoms with E-state index in [1.807, 2.05) is 12.1 Å². The highest BCUT2D eigenvalue weighted by molar-refractivity contribution is 7.92. The van der Waals surface area contributed by atoms with E-state index < -0.39 is 27.9 Å². The minimum Gasteiger partial charge on any atom is -0.449 e. The van der Waals surface area contributed by atoms with Gasteiger partial charge in [0.1, 0.15) is 5.58 Å². The van der Waals surface area contributed by atoms with Gasteiger partial charge in [-0.3, -0.25) is 9.52 Å². The van der Waals surface area contributed by atoms with Crippen LogP contribution in [0.1, 0.15) is 33.4 Å². The molecule has 0 saturated carbocycles. The van der Waals surface area contributed by atoms with E-state index in [0.717, 1.165) is 11.6 Å². The van der Waals surface area contributed by atoms with E-state index in [2.05, 4.69) is 4.72 Å². The molecule has 0 bridgehead atoms. The monoisotopic (exact) mass is 401 g/mol. The average molecular weight is 401 g/mol. The maximum absolute atomic E-state index is 12.5. The average Bonchev–Trinajstić information content (AvgIpc) is 2.97. The molecular formula is C20H19NO6S. The molecule has 1 heterocycles. The number of rotatable bonds is 6. The van der Waals surface area contributed by atoms with Crippen molar-refractivity contribution >= 4 is 38.4 Å². The van der Waals surface area contributed by atoms with E-state index in [1.165, 1.54) is 31.2 Å². The van der Waals surface area contributed by atoms with Crippen LogP contribution in [-0.4, -0.2) is 32.5 Å². The number of carbonyl (C=O) groups is 2. The summed E-state index contributed by atoms with van der Waals surface area (Å²) in [6.07, 6.45) is 0.00187. The van der Waals surface area contributed by atoms with Gasteiger partial charge >= 0.3 is 5.97 Å². The Balaban J connectivity index is 1.72. The molecule has 0 aliphatic carbocycles. The van der Waals surface area contributed by atoms with Gasteiger partial charge in [0.2, 0.25) is 21.6 Å². The molecule has 0 spiro atoms. The first kappa shape index (κ1) is 19.6. The molecule has 28 heavy (non-hydrogen) atoms. The summed E-state index contributed by atoms with van der Waals surface area (Å²) in [7, 11) is -3.40. The molecule has 146 valence electrons. The van der Waals surface area contributed by atoms with E-state index in [4.69, 9.17) is 9.15 Å². The second-order valence-corrected chi connectivity index (χ2v) is 8.16. The number of furan rings is 1. The number of fused-ring (bicyclic) bond motifs is 1. The zero-order valence-corrected chi connectivity index (χ0v) is 16.4. The Kier molecular flexibility index (Phi) is 5.24. The number of esters is 1. The lowest BCUT2D eigenvalue weighted by molar-refractivity contribution is 0.0290. The van der Waals surface area contributed by atoms with Crippen molar-refractivity contribution in [1.29, 1.82) is 0 Å². The lowest BCUT2D eigenvalue weighted by atomic mass is 10.1. The lowest BCUT2D eigenvalue weighted by Crippen LogP contribution is -2.24. The molecule has 3 aromatic rings. The van der Waals surface area contributed by atoms with Gasteiger partial charge in [-0.05, 0) is 44.2 Å². The number of nitrogens with one attached hydrogen (secondary N) is 1. The Hall–Kier alpha value is -3.13. The van der Waals surface area contributed by atoms with Crippen molar-refractivity contribution in [1.82, 2.24) is 0 Å². The predicted octanol–water partition coefficient (Wildman–Crippen LogP) is 3.54. The summed E-state index contributed by atoms with van der Waals surface area (Å²) >= 11 is 0. The Labute approximate surface area is 162 Å². The first-order valence-corrected chi connectivity index (χ1v) is 10.4. The normalized spacial score (nSPS) is 12.5.